The summed E-state index contributed by atoms with van der Waals surface area (Å²) in [5, 5.41) is 9.54. The first-order chi connectivity index (χ1) is 8.82. The zero-order chi connectivity index (χ0) is 14.2. The zero-order valence-electron chi connectivity index (χ0n) is 10.4. The number of nitrogens with zero attached hydrogens (tertiary/aromatic N) is 1. The van der Waals surface area contributed by atoms with Crippen LogP contribution in [0.15, 0.2) is 23.1 Å². The molecular weight excluding hydrogens is 293 g/mol. The minimum absolute atomic E-state index is 0.0541. The molecule has 2 atom stereocenters. The first-order valence-electron chi connectivity index (χ1n) is 5.95. The number of β-amino-alcohol motifs (C(OH)–C–C–N with tert-alkyl or cyclic N) is 1. The minimum atomic E-state index is -3.74. The van der Waals surface area contributed by atoms with Crippen molar-refractivity contribution in [3.63, 3.8) is 0 Å². The minimum Gasteiger partial charge on any atom is -0.391 e. The fourth-order valence-electron chi connectivity index (χ4n) is 2.02. The number of hydrogen-bond donors (Lipinski definition) is 1. The van der Waals surface area contributed by atoms with Crippen molar-refractivity contribution in [2.24, 2.45) is 5.92 Å². The van der Waals surface area contributed by atoms with Crippen LogP contribution in [-0.2, 0) is 10.0 Å². The summed E-state index contributed by atoms with van der Waals surface area (Å²) >= 11 is 5.60. The van der Waals surface area contributed by atoms with Gasteiger partial charge in [0.15, 0.2) is 0 Å². The van der Waals surface area contributed by atoms with Crippen molar-refractivity contribution in [1.82, 2.24) is 4.31 Å². The first kappa shape index (κ1) is 14.7. The molecule has 0 spiro atoms. The molecule has 1 saturated heterocycles. The number of hydrogen-bond acceptors (Lipinski definition) is 3. The van der Waals surface area contributed by atoms with Gasteiger partial charge in [-0.1, -0.05) is 18.5 Å². The van der Waals surface area contributed by atoms with E-state index in [1.807, 2.05) is 6.92 Å². The molecule has 1 aromatic carbocycles. The van der Waals surface area contributed by atoms with Gasteiger partial charge in [0.25, 0.3) is 0 Å². The molecule has 4 nitrogen and oxygen atoms in total. The van der Waals surface area contributed by atoms with Gasteiger partial charge in [0, 0.05) is 13.1 Å². The molecule has 0 amide bonds. The quantitative estimate of drug-likeness (QED) is 0.907. The van der Waals surface area contributed by atoms with E-state index in [2.05, 4.69) is 0 Å². The molecule has 0 saturated carbocycles. The van der Waals surface area contributed by atoms with Gasteiger partial charge in [-0.3, -0.25) is 0 Å². The van der Waals surface area contributed by atoms with E-state index < -0.39 is 21.9 Å². The fourth-order valence-corrected chi connectivity index (χ4v) is 3.77. The second-order valence-corrected chi connectivity index (χ2v) is 7.12. The number of piperidine rings is 1. The molecule has 106 valence electrons. The summed E-state index contributed by atoms with van der Waals surface area (Å²) < 4.78 is 38.9. The molecule has 1 aromatic rings. The molecule has 2 rings (SSSR count). The smallest absolute Gasteiger partial charge is 0.243 e. The van der Waals surface area contributed by atoms with E-state index in [9.17, 15) is 17.9 Å². The van der Waals surface area contributed by atoms with E-state index in [4.69, 9.17) is 11.6 Å². The average Bonchev–Trinajstić information content (AvgIpc) is 2.35. The molecule has 0 aliphatic carbocycles. The van der Waals surface area contributed by atoms with Gasteiger partial charge in [-0.25, -0.2) is 12.8 Å². The summed E-state index contributed by atoms with van der Waals surface area (Å²) in [5.41, 5.74) is 0. The van der Waals surface area contributed by atoms with Crippen LogP contribution in [0.25, 0.3) is 0 Å². The predicted octanol–water partition coefficient (Wildman–Crippen LogP) is 1.87. The normalized spacial score (nSPS) is 25.5. The molecule has 0 aromatic heterocycles. The largest absolute Gasteiger partial charge is 0.391 e. The first-order valence-corrected chi connectivity index (χ1v) is 7.77. The predicted molar refractivity (Wildman–Crippen MR) is 70.0 cm³/mol. The van der Waals surface area contributed by atoms with Crippen LogP contribution in [0.2, 0.25) is 5.02 Å². The van der Waals surface area contributed by atoms with Crippen molar-refractivity contribution in [2.45, 2.75) is 24.3 Å². The summed E-state index contributed by atoms with van der Waals surface area (Å²) in [7, 11) is -3.74. The van der Waals surface area contributed by atoms with E-state index >= 15 is 0 Å². The number of sulfonamides is 1. The van der Waals surface area contributed by atoms with Crippen molar-refractivity contribution in [3.8, 4) is 0 Å². The van der Waals surface area contributed by atoms with E-state index in [1.54, 1.807) is 0 Å². The van der Waals surface area contributed by atoms with Gasteiger partial charge < -0.3 is 5.11 Å². The average molecular weight is 308 g/mol. The summed E-state index contributed by atoms with van der Waals surface area (Å²) in [6.07, 6.45) is -0.0885. The monoisotopic (exact) mass is 307 g/mol. The third-order valence-electron chi connectivity index (χ3n) is 3.41. The molecule has 1 aliphatic heterocycles. The summed E-state index contributed by atoms with van der Waals surface area (Å²) in [6.45, 7) is 2.28. The molecule has 7 heteroatoms. The highest BCUT2D eigenvalue weighted by Gasteiger charge is 2.32. The van der Waals surface area contributed by atoms with Crippen molar-refractivity contribution in [2.75, 3.05) is 13.1 Å². The lowest BCUT2D eigenvalue weighted by atomic mass is 9.98. The van der Waals surface area contributed by atoms with Crippen LogP contribution in [0, 0.1) is 11.7 Å². The van der Waals surface area contributed by atoms with Crippen LogP contribution in [0.4, 0.5) is 4.39 Å². The fraction of sp³-hybridized carbons (Fsp3) is 0.500. The number of benzene rings is 1. The van der Waals surface area contributed by atoms with Crippen LogP contribution in [0.3, 0.4) is 0 Å². The Bertz CT molecular complexity index is 578. The molecule has 0 bridgehead atoms. The lowest BCUT2D eigenvalue weighted by Crippen LogP contribution is -2.45. The Morgan fingerprint density at radius 2 is 2.16 bits per heavy atom. The molecular formula is C12H15ClFNO3S. The Kier molecular flexibility index (Phi) is 4.15. The van der Waals surface area contributed by atoms with Gasteiger partial charge in [-0.05, 0) is 30.5 Å². The highest BCUT2D eigenvalue weighted by Crippen LogP contribution is 2.26. The topological polar surface area (TPSA) is 57.6 Å². The molecule has 1 aliphatic rings. The van der Waals surface area contributed by atoms with Crippen molar-refractivity contribution in [1.29, 1.82) is 0 Å². The second kappa shape index (κ2) is 5.36. The highest BCUT2D eigenvalue weighted by molar-refractivity contribution is 7.89. The van der Waals surface area contributed by atoms with Gasteiger partial charge >= 0.3 is 0 Å². The highest BCUT2D eigenvalue weighted by atomic mass is 35.5. The van der Waals surface area contributed by atoms with Crippen molar-refractivity contribution < 1.29 is 17.9 Å². The molecule has 19 heavy (non-hydrogen) atoms. The summed E-state index contributed by atoms with van der Waals surface area (Å²) in [6, 6.07) is 3.30. The van der Waals surface area contributed by atoms with E-state index in [1.165, 1.54) is 10.4 Å². The van der Waals surface area contributed by atoms with E-state index in [0.29, 0.717) is 13.0 Å². The maximum atomic E-state index is 13.1. The van der Waals surface area contributed by atoms with E-state index in [0.717, 1.165) is 12.1 Å². The van der Waals surface area contributed by atoms with Crippen LogP contribution >= 0.6 is 11.6 Å². The Morgan fingerprint density at radius 1 is 1.47 bits per heavy atom. The summed E-state index contributed by atoms with van der Waals surface area (Å²) in [5.74, 6) is -0.587. The lowest BCUT2D eigenvalue weighted by Gasteiger charge is -2.33. The Morgan fingerprint density at radius 3 is 2.74 bits per heavy atom. The van der Waals surface area contributed by atoms with Crippen LogP contribution < -0.4 is 0 Å². The number of halogens is 2. The van der Waals surface area contributed by atoms with Gasteiger partial charge in [-0.2, -0.15) is 4.31 Å². The van der Waals surface area contributed by atoms with Crippen LogP contribution in [0.5, 0.6) is 0 Å². The number of aliphatic hydroxyl groups excluding tert-OH is 1. The molecule has 1 N–H and O–H groups in total. The van der Waals surface area contributed by atoms with Crippen LogP contribution in [-0.4, -0.2) is 37.0 Å². The van der Waals surface area contributed by atoms with Crippen molar-refractivity contribution >= 4 is 21.6 Å². The van der Waals surface area contributed by atoms with Gasteiger partial charge in [-0.15, -0.1) is 0 Å². The Labute approximate surface area is 116 Å². The number of aliphatic hydroxyl groups is 1. The maximum absolute atomic E-state index is 13.1. The SMILES string of the molecule is CC1CCN(S(=O)(=O)c2ccc(F)c(Cl)c2)CC1O. The third kappa shape index (κ3) is 2.91. The van der Waals surface area contributed by atoms with Gasteiger partial charge in [0.1, 0.15) is 5.82 Å². The van der Waals surface area contributed by atoms with Crippen molar-refractivity contribution in [3.05, 3.63) is 29.0 Å². The lowest BCUT2D eigenvalue weighted by molar-refractivity contribution is 0.0605. The third-order valence-corrected chi connectivity index (χ3v) is 5.56. The van der Waals surface area contributed by atoms with E-state index in [-0.39, 0.29) is 22.4 Å². The number of rotatable bonds is 2. The van der Waals surface area contributed by atoms with Gasteiger partial charge in [0.05, 0.1) is 16.0 Å². The Balaban J connectivity index is 2.29. The maximum Gasteiger partial charge on any atom is 0.243 e. The zero-order valence-corrected chi connectivity index (χ0v) is 12.0. The van der Waals surface area contributed by atoms with Crippen LogP contribution in [0.1, 0.15) is 13.3 Å². The molecule has 0 radical (unpaired) electrons. The standard InChI is InChI=1S/C12H15ClFNO3S/c1-8-4-5-15(7-12(8)16)19(17,18)9-2-3-11(14)10(13)6-9/h2-3,6,8,12,16H,4-5,7H2,1H3. The molecule has 2 unspecified atom stereocenters. The van der Waals surface area contributed by atoms with Gasteiger partial charge in [0.2, 0.25) is 10.0 Å². The Hall–Kier alpha value is -0.690. The molecule has 1 heterocycles. The molecule has 1 fully saturated rings. The summed E-state index contributed by atoms with van der Waals surface area (Å²) in [4.78, 5) is -0.0550. The second-order valence-electron chi connectivity index (χ2n) is 4.77.